The molecule has 0 amide bonds. The van der Waals surface area contributed by atoms with Crippen molar-refractivity contribution in [3.8, 4) is 0 Å². The molecule has 1 spiro atoms. The quantitative estimate of drug-likeness (QED) is 0.0805. The van der Waals surface area contributed by atoms with Crippen LogP contribution in [0.5, 0.6) is 0 Å². The summed E-state index contributed by atoms with van der Waals surface area (Å²) < 4.78 is 14.6. The highest BCUT2D eigenvalue weighted by Crippen LogP contribution is 2.60. The molecular formula is C38H68N2O4S2. The second-order valence-electron chi connectivity index (χ2n) is 15.7. The van der Waals surface area contributed by atoms with Gasteiger partial charge in [-0.3, -0.25) is 4.90 Å². The predicted molar refractivity (Wildman–Crippen MR) is 195 cm³/mol. The summed E-state index contributed by atoms with van der Waals surface area (Å²) in [6, 6.07) is 0. The molecule has 5 aliphatic heterocycles. The highest BCUT2D eigenvalue weighted by Gasteiger charge is 2.69. The molecule has 5 heterocycles. The summed E-state index contributed by atoms with van der Waals surface area (Å²) in [7, 11) is 0. The zero-order valence-electron chi connectivity index (χ0n) is 30.0. The third-order valence-corrected chi connectivity index (χ3v) is 13.9. The summed E-state index contributed by atoms with van der Waals surface area (Å²) in [6.07, 6.45) is 26.7. The van der Waals surface area contributed by atoms with Crippen molar-refractivity contribution in [1.29, 1.82) is 0 Å². The molecule has 1 aliphatic carbocycles. The molecule has 0 radical (unpaired) electrons. The number of unbranched alkanes of at least 4 members (excludes halogenated alkanes) is 15. The van der Waals surface area contributed by atoms with Gasteiger partial charge in [-0.05, 0) is 44.4 Å². The number of thioether (sulfide) groups is 1. The lowest BCUT2D eigenvalue weighted by atomic mass is 9.58. The van der Waals surface area contributed by atoms with E-state index in [1.54, 1.807) is 0 Å². The van der Waals surface area contributed by atoms with Gasteiger partial charge in [0.25, 0.3) is 0 Å². The van der Waals surface area contributed by atoms with Crippen molar-refractivity contribution in [3.05, 3.63) is 0 Å². The topological polar surface area (TPSA) is 43.4 Å². The molecule has 266 valence electrons. The van der Waals surface area contributed by atoms with Gasteiger partial charge in [0.2, 0.25) is 5.79 Å². The first kappa shape index (κ1) is 37.3. The molecule has 6 nitrogen and oxygen atoms in total. The lowest BCUT2D eigenvalue weighted by Gasteiger charge is -2.61. The van der Waals surface area contributed by atoms with E-state index in [0.717, 1.165) is 55.5 Å². The van der Waals surface area contributed by atoms with Crippen LogP contribution in [0.2, 0.25) is 0 Å². The van der Waals surface area contributed by atoms with Crippen LogP contribution in [-0.2, 0) is 19.2 Å². The molecule has 46 heavy (non-hydrogen) atoms. The van der Waals surface area contributed by atoms with Gasteiger partial charge in [-0.1, -0.05) is 141 Å². The van der Waals surface area contributed by atoms with E-state index >= 15 is 0 Å². The number of ether oxygens (including phenoxy) is 2. The maximum atomic E-state index is 6.90. The van der Waals surface area contributed by atoms with Crippen molar-refractivity contribution in [2.75, 3.05) is 31.9 Å². The Hall–Kier alpha value is 0.0400. The zero-order chi connectivity index (χ0) is 32.4. The average Bonchev–Trinajstić information content (AvgIpc) is 3.29. The van der Waals surface area contributed by atoms with Crippen LogP contribution < -0.4 is 0 Å². The summed E-state index contributed by atoms with van der Waals surface area (Å²) in [4.78, 5) is 17.3. The van der Waals surface area contributed by atoms with Crippen molar-refractivity contribution in [2.45, 2.75) is 180 Å². The van der Waals surface area contributed by atoms with Crippen molar-refractivity contribution in [1.82, 2.24) is 9.80 Å². The highest BCUT2D eigenvalue weighted by molar-refractivity contribution is 8.22. The molecular weight excluding hydrogens is 613 g/mol. The standard InChI is InChI=1S/C38H68N2O4S2/c1-5-6-7-8-9-10-11-12-13-14-15-16-17-18-19-20-29-46-36(45)40-27-25-39(26-28-40)34-31(3)33-22-21-30(2)32-23-24-37(4)42-35(41-34)38(32,33)44-43-37/h30-35H,5-29H2,1-4H3/t30-,31-,32+,33+,34-,35-,37-,38-/m1/s1. The van der Waals surface area contributed by atoms with Crippen LogP contribution in [-0.4, -0.2) is 70.0 Å². The minimum absolute atomic E-state index is 0.0507. The first-order valence-electron chi connectivity index (χ1n) is 19.7. The van der Waals surface area contributed by atoms with Gasteiger partial charge in [-0.2, -0.15) is 0 Å². The minimum atomic E-state index is -0.711. The van der Waals surface area contributed by atoms with Gasteiger partial charge >= 0.3 is 0 Å². The van der Waals surface area contributed by atoms with Crippen LogP contribution in [0.4, 0.5) is 0 Å². The van der Waals surface area contributed by atoms with E-state index in [4.69, 9.17) is 31.5 Å². The largest absolute Gasteiger partial charge is 0.355 e. The second kappa shape index (κ2) is 18.3. The lowest BCUT2D eigenvalue weighted by Crippen LogP contribution is -2.72. The van der Waals surface area contributed by atoms with Crippen LogP contribution in [0.1, 0.15) is 156 Å². The third kappa shape index (κ3) is 9.23. The SMILES string of the molecule is CCCCCCCCCCCCCCCCCCSC(=S)N1CCN([C@@H]2O[C@@H]3O[C@@]4(C)CC[C@H]5[C@H](C)CC[C@@H]([C@H]2C)[C@@]35OO4)CC1. The van der Waals surface area contributed by atoms with Gasteiger partial charge in [0.15, 0.2) is 11.9 Å². The van der Waals surface area contributed by atoms with Crippen molar-refractivity contribution < 1.29 is 19.2 Å². The van der Waals surface area contributed by atoms with Gasteiger partial charge in [0.1, 0.15) is 10.5 Å². The van der Waals surface area contributed by atoms with E-state index in [2.05, 4.69) is 30.6 Å². The van der Waals surface area contributed by atoms with Crippen LogP contribution >= 0.6 is 24.0 Å². The lowest BCUT2D eigenvalue weighted by molar-refractivity contribution is -0.574. The summed E-state index contributed by atoms with van der Waals surface area (Å²) in [6.45, 7) is 13.0. The Morgan fingerprint density at radius 1 is 0.739 bits per heavy atom. The molecule has 0 aromatic rings. The summed E-state index contributed by atoms with van der Waals surface area (Å²) in [5.41, 5.74) is -0.476. The van der Waals surface area contributed by atoms with Crippen molar-refractivity contribution in [2.24, 2.45) is 23.7 Å². The van der Waals surface area contributed by atoms with Gasteiger partial charge < -0.3 is 14.4 Å². The molecule has 0 aromatic carbocycles. The second-order valence-corrected chi connectivity index (χ2v) is 17.5. The number of thiocarbonyl (C=S) groups is 1. The number of fused-ring (bicyclic) bond motifs is 2. The predicted octanol–water partition coefficient (Wildman–Crippen LogP) is 10.1. The maximum absolute atomic E-state index is 6.90. The number of rotatable bonds is 18. The summed E-state index contributed by atoms with van der Waals surface area (Å²) in [5, 5.41) is 0. The summed E-state index contributed by atoms with van der Waals surface area (Å²) >= 11 is 7.80. The Morgan fingerprint density at radius 3 is 1.93 bits per heavy atom. The molecule has 0 aromatic heterocycles. The van der Waals surface area contributed by atoms with E-state index in [-0.39, 0.29) is 12.5 Å². The molecule has 0 unspecified atom stereocenters. The van der Waals surface area contributed by atoms with Gasteiger partial charge in [0.05, 0.1) is 0 Å². The number of piperazine rings is 1. The first-order valence-corrected chi connectivity index (χ1v) is 21.1. The van der Waals surface area contributed by atoms with Crippen molar-refractivity contribution in [3.63, 3.8) is 0 Å². The van der Waals surface area contributed by atoms with E-state index < -0.39 is 11.4 Å². The molecule has 8 atom stereocenters. The van der Waals surface area contributed by atoms with Gasteiger partial charge in [0, 0.05) is 50.2 Å². The fraction of sp³-hybridized carbons (Fsp3) is 0.974. The van der Waals surface area contributed by atoms with Gasteiger partial charge in [-0.15, -0.1) is 0 Å². The average molecular weight is 681 g/mol. The first-order chi connectivity index (χ1) is 22.4. The zero-order valence-corrected chi connectivity index (χ0v) is 31.6. The fourth-order valence-corrected chi connectivity index (χ4v) is 10.7. The molecule has 1 saturated carbocycles. The fourth-order valence-electron chi connectivity index (χ4n) is 9.36. The van der Waals surface area contributed by atoms with Gasteiger partial charge in [-0.25, -0.2) is 9.78 Å². The molecule has 0 N–H and O–H groups in total. The Morgan fingerprint density at radius 2 is 1.33 bits per heavy atom. The van der Waals surface area contributed by atoms with Crippen LogP contribution in [0, 0.1) is 23.7 Å². The smallest absolute Gasteiger partial charge is 0.201 e. The van der Waals surface area contributed by atoms with Crippen LogP contribution in [0.25, 0.3) is 0 Å². The Balaban J connectivity index is 0.920. The molecule has 6 fully saturated rings. The van der Waals surface area contributed by atoms with E-state index in [1.165, 1.54) is 109 Å². The highest BCUT2D eigenvalue weighted by atomic mass is 32.2. The minimum Gasteiger partial charge on any atom is -0.355 e. The number of hydrogen-bond donors (Lipinski definition) is 0. The molecule has 8 heteroatoms. The van der Waals surface area contributed by atoms with Crippen molar-refractivity contribution >= 4 is 28.3 Å². The monoisotopic (exact) mass is 680 g/mol. The number of nitrogens with zero attached hydrogens (tertiary/aromatic N) is 2. The number of hydrogen-bond acceptors (Lipinski definition) is 7. The van der Waals surface area contributed by atoms with E-state index in [9.17, 15) is 0 Å². The Labute approximate surface area is 292 Å². The van der Waals surface area contributed by atoms with Crippen LogP contribution in [0.3, 0.4) is 0 Å². The van der Waals surface area contributed by atoms with E-state index in [0.29, 0.717) is 23.7 Å². The molecule has 6 rings (SSSR count). The van der Waals surface area contributed by atoms with E-state index in [1.807, 2.05) is 18.7 Å². The third-order valence-electron chi connectivity index (χ3n) is 12.3. The maximum Gasteiger partial charge on any atom is 0.201 e. The molecule has 6 aliphatic rings. The normalized spacial score (nSPS) is 36.0. The summed E-state index contributed by atoms with van der Waals surface area (Å²) in [5.74, 6) is 2.21. The molecule has 2 bridgehead atoms. The Bertz CT molecular complexity index is 919. The van der Waals surface area contributed by atoms with Crippen LogP contribution in [0.15, 0.2) is 0 Å². The Kier molecular flexibility index (Phi) is 14.9. The molecule has 5 saturated heterocycles.